The highest BCUT2D eigenvalue weighted by Crippen LogP contribution is 2.22. The Morgan fingerprint density at radius 3 is 2.95 bits per heavy atom. The number of carbonyl (C=O) groups is 1. The van der Waals surface area contributed by atoms with Gasteiger partial charge in [0.25, 0.3) is 0 Å². The quantitative estimate of drug-likeness (QED) is 0.872. The second-order valence-corrected chi connectivity index (χ2v) is 4.25. The zero-order valence-electron chi connectivity index (χ0n) is 10.3. The van der Waals surface area contributed by atoms with Crippen LogP contribution >= 0.6 is 11.6 Å². The van der Waals surface area contributed by atoms with Crippen LogP contribution in [-0.4, -0.2) is 27.5 Å². The zero-order chi connectivity index (χ0) is 13.8. The molecule has 2 aromatic rings. The number of aromatic nitrogens is 2. The second-order valence-electron chi connectivity index (χ2n) is 3.84. The summed E-state index contributed by atoms with van der Waals surface area (Å²) in [4.78, 5) is 11.5. The number of esters is 1. The Kier molecular flexibility index (Phi) is 4.19. The average Bonchev–Trinajstić information content (AvgIpc) is 2.88. The van der Waals surface area contributed by atoms with Crippen LogP contribution in [0.4, 0.5) is 0 Å². The summed E-state index contributed by atoms with van der Waals surface area (Å²) >= 11 is 6.10. The lowest BCUT2D eigenvalue weighted by Gasteiger charge is -2.05. The Bertz CT molecular complexity index is 595. The summed E-state index contributed by atoms with van der Waals surface area (Å²) in [6.07, 6.45) is 2.98. The third kappa shape index (κ3) is 2.94. The molecule has 19 heavy (non-hydrogen) atoms. The number of aliphatic hydroxyl groups excluding tert-OH is 1. The Morgan fingerprint density at radius 1 is 1.53 bits per heavy atom. The first kappa shape index (κ1) is 13.6. The van der Waals surface area contributed by atoms with Gasteiger partial charge in [0.15, 0.2) is 0 Å². The molecule has 0 aliphatic rings. The molecule has 1 aromatic heterocycles. The lowest BCUT2D eigenvalue weighted by Crippen LogP contribution is -2.03. The van der Waals surface area contributed by atoms with Crippen molar-refractivity contribution >= 4 is 17.6 Å². The smallest absolute Gasteiger partial charge is 0.341 e. The molecule has 2 rings (SSSR count). The van der Waals surface area contributed by atoms with E-state index in [1.165, 1.54) is 10.9 Å². The highest BCUT2D eigenvalue weighted by atomic mass is 35.5. The highest BCUT2D eigenvalue weighted by Gasteiger charge is 2.11. The van der Waals surface area contributed by atoms with E-state index in [9.17, 15) is 4.79 Å². The van der Waals surface area contributed by atoms with Gasteiger partial charge in [-0.2, -0.15) is 5.10 Å². The molecule has 6 heteroatoms. The molecule has 0 fully saturated rings. The molecule has 5 nitrogen and oxygen atoms in total. The molecular weight excluding hydrogens is 268 g/mol. The lowest BCUT2D eigenvalue weighted by molar-refractivity contribution is 0.0526. The number of nitrogens with zero attached hydrogens (tertiary/aromatic N) is 2. The van der Waals surface area contributed by atoms with Gasteiger partial charge in [0, 0.05) is 6.20 Å². The number of halogens is 1. The first-order valence-electron chi connectivity index (χ1n) is 5.77. The van der Waals surface area contributed by atoms with Gasteiger partial charge in [-0.05, 0) is 24.6 Å². The van der Waals surface area contributed by atoms with Crippen molar-refractivity contribution in [2.45, 2.75) is 13.5 Å². The Balaban J connectivity index is 2.30. The van der Waals surface area contributed by atoms with E-state index in [0.717, 1.165) is 0 Å². The van der Waals surface area contributed by atoms with Crippen LogP contribution in [0.15, 0.2) is 30.6 Å². The number of benzene rings is 1. The molecular formula is C13H13ClN2O3. The largest absolute Gasteiger partial charge is 0.462 e. The number of carbonyl (C=O) groups excluding carboxylic acids is 1. The van der Waals surface area contributed by atoms with E-state index in [0.29, 0.717) is 28.4 Å². The van der Waals surface area contributed by atoms with Crippen LogP contribution in [0.1, 0.15) is 22.8 Å². The SMILES string of the molecule is CCOC(=O)c1cnn(-c2ccc(CO)cc2Cl)c1. The Morgan fingerprint density at radius 2 is 2.32 bits per heavy atom. The van der Waals surface area contributed by atoms with Gasteiger partial charge in [-0.1, -0.05) is 17.7 Å². The van der Waals surface area contributed by atoms with Crippen molar-refractivity contribution in [1.82, 2.24) is 9.78 Å². The van der Waals surface area contributed by atoms with Crippen LogP contribution in [0.2, 0.25) is 5.02 Å². The third-order valence-corrected chi connectivity index (χ3v) is 2.84. The summed E-state index contributed by atoms with van der Waals surface area (Å²) in [5.41, 5.74) is 1.71. The predicted octanol–water partition coefficient (Wildman–Crippen LogP) is 2.19. The monoisotopic (exact) mass is 280 g/mol. The van der Waals surface area contributed by atoms with Gasteiger partial charge >= 0.3 is 5.97 Å². The van der Waals surface area contributed by atoms with Crippen LogP contribution in [0.25, 0.3) is 5.69 Å². The third-order valence-electron chi connectivity index (χ3n) is 2.54. The van der Waals surface area contributed by atoms with E-state index < -0.39 is 5.97 Å². The summed E-state index contributed by atoms with van der Waals surface area (Å²) in [6.45, 7) is 1.98. The molecule has 0 aliphatic heterocycles. The Labute approximate surface area is 115 Å². The highest BCUT2D eigenvalue weighted by molar-refractivity contribution is 6.32. The molecule has 0 saturated carbocycles. The summed E-state index contributed by atoms with van der Waals surface area (Å²) in [6, 6.07) is 5.13. The van der Waals surface area contributed by atoms with E-state index in [1.54, 1.807) is 31.3 Å². The van der Waals surface area contributed by atoms with Gasteiger partial charge in [0.1, 0.15) is 0 Å². The Hall–Kier alpha value is -1.85. The van der Waals surface area contributed by atoms with Crippen molar-refractivity contribution < 1.29 is 14.6 Å². The van der Waals surface area contributed by atoms with E-state index in [2.05, 4.69) is 5.10 Å². The van der Waals surface area contributed by atoms with E-state index >= 15 is 0 Å². The standard InChI is InChI=1S/C13H13ClN2O3/c1-2-19-13(18)10-6-15-16(7-10)12-4-3-9(8-17)5-11(12)14/h3-7,17H,2,8H2,1H3. The predicted molar refractivity (Wildman–Crippen MR) is 70.5 cm³/mol. The molecule has 100 valence electrons. The summed E-state index contributed by atoms with van der Waals surface area (Å²) in [7, 11) is 0. The summed E-state index contributed by atoms with van der Waals surface area (Å²) < 4.78 is 6.38. The number of hydrogen-bond acceptors (Lipinski definition) is 4. The molecule has 0 spiro atoms. The van der Waals surface area contributed by atoms with Gasteiger partial charge in [-0.3, -0.25) is 0 Å². The van der Waals surface area contributed by atoms with Crippen molar-refractivity contribution in [2.75, 3.05) is 6.61 Å². The molecule has 1 heterocycles. The molecule has 0 aliphatic carbocycles. The maximum absolute atomic E-state index is 11.5. The molecule has 1 aromatic carbocycles. The maximum atomic E-state index is 11.5. The van der Waals surface area contributed by atoms with Crippen molar-refractivity contribution in [1.29, 1.82) is 0 Å². The van der Waals surface area contributed by atoms with Crippen LogP contribution in [0.5, 0.6) is 0 Å². The van der Waals surface area contributed by atoms with E-state index in [-0.39, 0.29) is 6.61 Å². The van der Waals surface area contributed by atoms with Gasteiger partial charge in [0.2, 0.25) is 0 Å². The van der Waals surface area contributed by atoms with Crippen LogP contribution < -0.4 is 0 Å². The number of hydrogen-bond donors (Lipinski definition) is 1. The normalized spacial score (nSPS) is 10.5. The number of aliphatic hydroxyl groups is 1. The molecule has 0 amide bonds. The van der Waals surface area contributed by atoms with Gasteiger partial charge in [-0.25, -0.2) is 9.48 Å². The number of ether oxygens (including phenoxy) is 1. The van der Waals surface area contributed by atoms with Gasteiger partial charge in [-0.15, -0.1) is 0 Å². The van der Waals surface area contributed by atoms with Crippen molar-refractivity contribution in [3.63, 3.8) is 0 Å². The molecule has 1 N–H and O–H groups in total. The average molecular weight is 281 g/mol. The van der Waals surface area contributed by atoms with Crippen molar-refractivity contribution in [3.8, 4) is 5.69 Å². The minimum absolute atomic E-state index is 0.0762. The molecule has 0 unspecified atom stereocenters. The minimum atomic E-state index is -0.420. The summed E-state index contributed by atoms with van der Waals surface area (Å²) in [5.74, 6) is -0.420. The maximum Gasteiger partial charge on any atom is 0.341 e. The van der Waals surface area contributed by atoms with Crippen molar-refractivity contribution in [3.05, 3.63) is 46.7 Å². The van der Waals surface area contributed by atoms with Crippen LogP contribution in [-0.2, 0) is 11.3 Å². The molecule has 0 radical (unpaired) electrons. The van der Waals surface area contributed by atoms with E-state index in [1.807, 2.05) is 0 Å². The first-order valence-corrected chi connectivity index (χ1v) is 6.15. The van der Waals surface area contributed by atoms with Gasteiger partial charge < -0.3 is 9.84 Å². The fourth-order valence-corrected chi connectivity index (χ4v) is 1.90. The lowest BCUT2D eigenvalue weighted by atomic mass is 10.2. The minimum Gasteiger partial charge on any atom is -0.462 e. The zero-order valence-corrected chi connectivity index (χ0v) is 11.1. The van der Waals surface area contributed by atoms with E-state index in [4.69, 9.17) is 21.4 Å². The molecule has 0 saturated heterocycles. The fourth-order valence-electron chi connectivity index (χ4n) is 1.61. The molecule has 0 bridgehead atoms. The topological polar surface area (TPSA) is 64.3 Å². The second kappa shape index (κ2) is 5.86. The summed E-state index contributed by atoms with van der Waals surface area (Å²) in [5, 5.41) is 13.5. The van der Waals surface area contributed by atoms with Crippen LogP contribution in [0.3, 0.4) is 0 Å². The molecule has 0 atom stereocenters. The fraction of sp³-hybridized carbons (Fsp3) is 0.231. The number of rotatable bonds is 4. The first-order chi connectivity index (χ1) is 9.15. The van der Waals surface area contributed by atoms with Crippen LogP contribution in [0, 0.1) is 0 Å². The van der Waals surface area contributed by atoms with Gasteiger partial charge in [0.05, 0.1) is 35.7 Å². The van der Waals surface area contributed by atoms with Crippen molar-refractivity contribution in [2.24, 2.45) is 0 Å².